The summed E-state index contributed by atoms with van der Waals surface area (Å²) < 4.78 is 0. The summed E-state index contributed by atoms with van der Waals surface area (Å²) in [5, 5.41) is 9.47. The molecule has 106 valence electrons. The van der Waals surface area contributed by atoms with Crippen molar-refractivity contribution in [3.8, 4) is 11.1 Å². The molecular weight excluding hydrogens is 262 g/mol. The number of amides is 1. The van der Waals surface area contributed by atoms with Gasteiger partial charge in [0.05, 0.1) is 0 Å². The molecule has 4 rings (SSSR count). The van der Waals surface area contributed by atoms with E-state index in [1.54, 1.807) is 4.90 Å². The third kappa shape index (κ3) is 1.77. The molecule has 0 unspecified atom stereocenters. The van der Waals surface area contributed by atoms with Crippen LogP contribution in [-0.2, 0) is 0 Å². The predicted octanol–water partition coefficient (Wildman–Crippen LogP) is 3.94. The average molecular weight is 279 g/mol. The SMILES string of the molecule is O=C(O)N1CCC[C@@H]1C1c2ccccc2-c2ccccc21. The number of nitrogens with zero attached hydrogens (tertiary/aromatic N) is 1. The van der Waals surface area contributed by atoms with Crippen LogP contribution in [0.1, 0.15) is 29.9 Å². The number of benzene rings is 2. The second kappa shape index (κ2) is 4.62. The molecule has 0 radical (unpaired) electrons. The van der Waals surface area contributed by atoms with Crippen LogP contribution in [-0.4, -0.2) is 28.7 Å². The third-order valence-corrected chi connectivity index (χ3v) is 4.81. The molecule has 2 aromatic carbocycles. The van der Waals surface area contributed by atoms with Crippen LogP contribution >= 0.6 is 0 Å². The normalized spacial score (nSPS) is 20.4. The Morgan fingerprint density at radius 1 is 1.00 bits per heavy atom. The summed E-state index contributed by atoms with van der Waals surface area (Å²) in [4.78, 5) is 13.1. The third-order valence-electron chi connectivity index (χ3n) is 4.81. The number of fused-ring (bicyclic) bond motifs is 3. The van der Waals surface area contributed by atoms with Crippen molar-refractivity contribution in [2.45, 2.75) is 24.8 Å². The smallest absolute Gasteiger partial charge is 0.407 e. The molecule has 2 aliphatic rings. The Bertz CT molecular complexity index is 664. The van der Waals surface area contributed by atoms with Gasteiger partial charge in [0.2, 0.25) is 0 Å². The van der Waals surface area contributed by atoms with Crippen LogP contribution in [0.15, 0.2) is 48.5 Å². The van der Waals surface area contributed by atoms with Crippen LogP contribution in [0.4, 0.5) is 4.79 Å². The minimum Gasteiger partial charge on any atom is -0.465 e. The Balaban J connectivity index is 1.87. The highest BCUT2D eigenvalue weighted by molar-refractivity contribution is 5.79. The minimum atomic E-state index is -0.792. The molecule has 1 fully saturated rings. The summed E-state index contributed by atoms with van der Waals surface area (Å²) in [6.45, 7) is 0.654. The summed E-state index contributed by atoms with van der Waals surface area (Å²) in [5.74, 6) is 0.177. The van der Waals surface area contributed by atoms with Crippen LogP contribution in [0.2, 0.25) is 0 Å². The Morgan fingerprint density at radius 2 is 1.57 bits per heavy atom. The average Bonchev–Trinajstić information content (AvgIpc) is 3.09. The van der Waals surface area contributed by atoms with E-state index >= 15 is 0 Å². The number of likely N-dealkylation sites (tertiary alicyclic amines) is 1. The fourth-order valence-corrected chi connectivity index (χ4v) is 3.99. The maximum atomic E-state index is 11.5. The molecule has 1 saturated heterocycles. The molecule has 1 aliphatic heterocycles. The summed E-state index contributed by atoms with van der Waals surface area (Å²) in [5.41, 5.74) is 5.07. The molecule has 2 aromatic rings. The quantitative estimate of drug-likeness (QED) is 0.859. The van der Waals surface area contributed by atoms with E-state index in [9.17, 15) is 9.90 Å². The molecule has 1 amide bonds. The second-order valence-electron chi connectivity index (χ2n) is 5.84. The first-order valence-electron chi connectivity index (χ1n) is 7.45. The Hall–Kier alpha value is -2.29. The van der Waals surface area contributed by atoms with Crippen molar-refractivity contribution in [2.75, 3.05) is 6.54 Å². The van der Waals surface area contributed by atoms with Crippen molar-refractivity contribution >= 4 is 6.09 Å². The van der Waals surface area contributed by atoms with Gasteiger partial charge in [-0.2, -0.15) is 0 Å². The van der Waals surface area contributed by atoms with Gasteiger partial charge in [-0.15, -0.1) is 0 Å². The standard InChI is InChI=1S/C18H17NO2/c20-18(21)19-11-5-10-16(19)17-14-8-3-1-6-12(14)13-7-2-4-9-15(13)17/h1-4,6-9,16-17H,5,10-11H2,(H,20,21)/t16-/m1/s1. The number of hydrogen-bond acceptors (Lipinski definition) is 1. The lowest BCUT2D eigenvalue weighted by molar-refractivity contribution is 0.137. The van der Waals surface area contributed by atoms with Crippen LogP contribution in [0.3, 0.4) is 0 Å². The molecular formula is C18H17NO2. The Kier molecular flexibility index (Phi) is 2.74. The lowest BCUT2D eigenvalue weighted by Gasteiger charge is -2.28. The first-order valence-corrected chi connectivity index (χ1v) is 7.45. The fraction of sp³-hybridized carbons (Fsp3) is 0.278. The van der Waals surface area contributed by atoms with Crippen molar-refractivity contribution < 1.29 is 9.90 Å². The zero-order valence-electron chi connectivity index (χ0n) is 11.7. The minimum absolute atomic E-state index is 0.0623. The highest BCUT2D eigenvalue weighted by Gasteiger charge is 2.40. The molecule has 0 spiro atoms. The van der Waals surface area contributed by atoms with Crippen LogP contribution < -0.4 is 0 Å². The van der Waals surface area contributed by atoms with E-state index < -0.39 is 6.09 Å². The van der Waals surface area contributed by atoms with E-state index in [1.807, 2.05) is 0 Å². The molecule has 3 nitrogen and oxygen atoms in total. The number of carbonyl (C=O) groups is 1. The maximum Gasteiger partial charge on any atom is 0.407 e. The molecule has 21 heavy (non-hydrogen) atoms. The number of hydrogen-bond donors (Lipinski definition) is 1. The van der Waals surface area contributed by atoms with Gasteiger partial charge in [-0.1, -0.05) is 48.5 Å². The van der Waals surface area contributed by atoms with Crippen molar-refractivity contribution in [2.24, 2.45) is 0 Å². The number of rotatable bonds is 1. The van der Waals surface area contributed by atoms with Gasteiger partial charge in [0.1, 0.15) is 0 Å². The van der Waals surface area contributed by atoms with E-state index in [4.69, 9.17) is 0 Å². The van der Waals surface area contributed by atoms with Crippen LogP contribution in [0, 0.1) is 0 Å². The fourth-order valence-electron chi connectivity index (χ4n) is 3.99. The molecule has 1 aliphatic carbocycles. The molecule has 0 saturated carbocycles. The largest absolute Gasteiger partial charge is 0.465 e. The van der Waals surface area contributed by atoms with E-state index in [-0.39, 0.29) is 12.0 Å². The zero-order chi connectivity index (χ0) is 14.4. The van der Waals surface area contributed by atoms with Gasteiger partial charge in [-0.25, -0.2) is 4.79 Å². The lowest BCUT2D eigenvalue weighted by atomic mass is 9.88. The van der Waals surface area contributed by atoms with Gasteiger partial charge in [-0.3, -0.25) is 0 Å². The number of carboxylic acid groups (broad SMARTS) is 1. The Morgan fingerprint density at radius 3 is 2.14 bits per heavy atom. The molecule has 3 heteroatoms. The summed E-state index contributed by atoms with van der Waals surface area (Å²) in [6, 6.07) is 16.9. The van der Waals surface area contributed by atoms with Gasteiger partial charge >= 0.3 is 6.09 Å². The molecule has 1 heterocycles. The van der Waals surface area contributed by atoms with Gasteiger partial charge in [0.25, 0.3) is 0 Å². The first-order chi connectivity index (χ1) is 10.3. The summed E-state index contributed by atoms with van der Waals surface area (Å²) in [7, 11) is 0. The highest BCUT2D eigenvalue weighted by atomic mass is 16.4. The topological polar surface area (TPSA) is 40.5 Å². The summed E-state index contributed by atoms with van der Waals surface area (Å²) in [6.07, 6.45) is 1.11. The predicted molar refractivity (Wildman–Crippen MR) is 81.5 cm³/mol. The van der Waals surface area contributed by atoms with E-state index in [0.29, 0.717) is 6.54 Å². The van der Waals surface area contributed by atoms with Crippen LogP contribution in [0.5, 0.6) is 0 Å². The van der Waals surface area contributed by atoms with Crippen molar-refractivity contribution in [1.82, 2.24) is 4.90 Å². The van der Waals surface area contributed by atoms with Crippen molar-refractivity contribution in [3.05, 3.63) is 59.7 Å². The molecule has 1 N–H and O–H groups in total. The molecule has 1 atom stereocenters. The van der Waals surface area contributed by atoms with Crippen molar-refractivity contribution in [1.29, 1.82) is 0 Å². The highest BCUT2D eigenvalue weighted by Crippen LogP contribution is 2.49. The second-order valence-corrected chi connectivity index (χ2v) is 5.84. The molecule has 0 bridgehead atoms. The monoisotopic (exact) mass is 279 g/mol. The summed E-state index contributed by atoms with van der Waals surface area (Å²) >= 11 is 0. The molecule has 0 aromatic heterocycles. The zero-order valence-corrected chi connectivity index (χ0v) is 11.7. The van der Waals surface area contributed by atoms with Gasteiger partial charge in [0.15, 0.2) is 0 Å². The van der Waals surface area contributed by atoms with Gasteiger partial charge in [0, 0.05) is 18.5 Å². The lowest BCUT2D eigenvalue weighted by Crippen LogP contribution is -2.38. The van der Waals surface area contributed by atoms with Crippen molar-refractivity contribution in [3.63, 3.8) is 0 Å². The maximum absolute atomic E-state index is 11.5. The van der Waals surface area contributed by atoms with E-state index in [1.165, 1.54) is 22.3 Å². The van der Waals surface area contributed by atoms with E-state index in [2.05, 4.69) is 48.5 Å². The van der Waals surface area contributed by atoms with E-state index in [0.717, 1.165) is 12.8 Å². The Labute approximate surface area is 123 Å². The van der Waals surface area contributed by atoms with Gasteiger partial charge < -0.3 is 10.0 Å². The van der Waals surface area contributed by atoms with Crippen LogP contribution in [0.25, 0.3) is 11.1 Å². The van der Waals surface area contributed by atoms with Gasteiger partial charge in [-0.05, 0) is 35.1 Å². The first kappa shape index (κ1) is 12.5.